The Morgan fingerprint density at radius 2 is 2.17 bits per heavy atom. The highest BCUT2D eigenvalue weighted by Gasteiger charge is 2.16. The number of hydrogen-bond acceptors (Lipinski definition) is 3. The van der Waals surface area contributed by atoms with Crippen LogP contribution in [0.2, 0.25) is 0 Å². The van der Waals surface area contributed by atoms with Gasteiger partial charge in [0, 0.05) is 24.3 Å². The van der Waals surface area contributed by atoms with E-state index in [1.165, 1.54) is 35.7 Å². The fraction of sp³-hybridized carbons (Fsp3) is 0.400. The van der Waals surface area contributed by atoms with E-state index in [9.17, 15) is 0 Å². The van der Waals surface area contributed by atoms with E-state index in [0.29, 0.717) is 6.04 Å². The monoisotopic (exact) mass is 258 g/mol. The van der Waals surface area contributed by atoms with Crippen LogP contribution in [-0.2, 0) is 12.8 Å². The maximum Gasteiger partial charge on any atom is 0.0943 e. The number of aromatic nitrogens is 1. The minimum atomic E-state index is 0.653. The molecule has 1 aromatic heterocycles. The molecule has 3 rings (SSSR count). The second kappa shape index (κ2) is 5.63. The summed E-state index contributed by atoms with van der Waals surface area (Å²) >= 11 is 1.80. The Bertz CT molecular complexity index is 486. The molecule has 18 heavy (non-hydrogen) atoms. The Kier molecular flexibility index (Phi) is 3.72. The van der Waals surface area contributed by atoms with Gasteiger partial charge in [0.15, 0.2) is 0 Å². The minimum Gasteiger partial charge on any atom is -0.314 e. The lowest BCUT2D eigenvalue weighted by Gasteiger charge is -2.06. The number of nitrogens with zero attached hydrogens (tertiary/aromatic N) is 1. The Hall–Kier alpha value is -1.19. The van der Waals surface area contributed by atoms with Gasteiger partial charge in [0.1, 0.15) is 0 Å². The standard InChI is InChI=1S/C15H18N2S/c1-2-5-12(6-3-1)9-14-11-18-15(17-14)10-13-7-4-8-16-13/h1-3,5-6,11,13,16H,4,7-10H2. The molecular weight excluding hydrogens is 240 g/mol. The van der Waals surface area contributed by atoms with Crippen LogP contribution in [0.3, 0.4) is 0 Å². The van der Waals surface area contributed by atoms with Gasteiger partial charge in [-0.2, -0.15) is 0 Å². The topological polar surface area (TPSA) is 24.9 Å². The zero-order valence-corrected chi connectivity index (χ0v) is 11.2. The molecule has 3 heteroatoms. The summed E-state index contributed by atoms with van der Waals surface area (Å²) in [5.74, 6) is 0. The predicted octanol–water partition coefficient (Wildman–Crippen LogP) is 3.03. The van der Waals surface area contributed by atoms with E-state index in [1.54, 1.807) is 11.3 Å². The molecule has 1 N–H and O–H groups in total. The van der Waals surface area contributed by atoms with Crippen molar-refractivity contribution in [1.29, 1.82) is 0 Å². The van der Waals surface area contributed by atoms with Gasteiger partial charge in [0.05, 0.1) is 10.7 Å². The number of thiazole rings is 1. The first-order chi connectivity index (χ1) is 8.90. The predicted molar refractivity (Wildman–Crippen MR) is 76.1 cm³/mol. The highest BCUT2D eigenvalue weighted by atomic mass is 32.1. The summed E-state index contributed by atoms with van der Waals surface area (Å²) < 4.78 is 0. The van der Waals surface area contributed by atoms with Crippen molar-refractivity contribution in [3.8, 4) is 0 Å². The van der Waals surface area contributed by atoms with Gasteiger partial charge in [-0.05, 0) is 24.9 Å². The van der Waals surface area contributed by atoms with Gasteiger partial charge in [0.25, 0.3) is 0 Å². The quantitative estimate of drug-likeness (QED) is 0.912. The molecule has 2 nitrogen and oxygen atoms in total. The zero-order valence-electron chi connectivity index (χ0n) is 10.4. The smallest absolute Gasteiger partial charge is 0.0943 e. The second-order valence-electron chi connectivity index (χ2n) is 4.89. The molecule has 1 aliphatic heterocycles. The SMILES string of the molecule is c1ccc(Cc2csc(CC3CCCN3)n2)cc1. The van der Waals surface area contributed by atoms with Crippen LogP contribution >= 0.6 is 11.3 Å². The van der Waals surface area contributed by atoms with Gasteiger partial charge in [-0.15, -0.1) is 11.3 Å². The Morgan fingerprint density at radius 1 is 1.28 bits per heavy atom. The van der Waals surface area contributed by atoms with E-state index in [-0.39, 0.29) is 0 Å². The van der Waals surface area contributed by atoms with Crippen LogP contribution in [0.25, 0.3) is 0 Å². The van der Waals surface area contributed by atoms with Crippen LogP contribution in [0, 0.1) is 0 Å². The van der Waals surface area contributed by atoms with E-state index >= 15 is 0 Å². The molecule has 1 aromatic carbocycles. The fourth-order valence-corrected chi connectivity index (χ4v) is 3.35. The lowest BCUT2D eigenvalue weighted by molar-refractivity contribution is 0.600. The number of benzene rings is 1. The van der Waals surface area contributed by atoms with Crippen LogP contribution < -0.4 is 5.32 Å². The summed E-state index contributed by atoms with van der Waals surface area (Å²) in [4.78, 5) is 4.75. The maximum absolute atomic E-state index is 4.75. The zero-order chi connectivity index (χ0) is 12.2. The largest absolute Gasteiger partial charge is 0.314 e. The first kappa shape index (κ1) is 11.9. The lowest BCUT2D eigenvalue weighted by Crippen LogP contribution is -2.23. The second-order valence-corrected chi connectivity index (χ2v) is 5.84. The minimum absolute atomic E-state index is 0.653. The molecule has 0 bridgehead atoms. The van der Waals surface area contributed by atoms with Crippen molar-refractivity contribution in [1.82, 2.24) is 10.3 Å². The van der Waals surface area contributed by atoms with Crippen molar-refractivity contribution < 1.29 is 0 Å². The van der Waals surface area contributed by atoms with Crippen LogP contribution in [0.5, 0.6) is 0 Å². The van der Waals surface area contributed by atoms with Crippen molar-refractivity contribution in [2.24, 2.45) is 0 Å². The molecule has 1 unspecified atom stereocenters. The molecule has 94 valence electrons. The average Bonchev–Trinajstić information content (AvgIpc) is 3.03. The molecule has 0 amide bonds. The summed E-state index contributed by atoms with van der Waals surface area (Å²) in [6.07, 6.45) is 4.66. The van der Waals surface area contributed by atoms with Crippen molar-refractivity contribution in [2.45, 2.75) is 31.7 Å². The fourth-order valence-electron chi connectivity index (χ4n) is 2.47. The van der Waals surface area contributed by atoms with Crippen molar-refractivity contribution in [3.05, 3.63) is 52.0 Å². The molecule has 1 fully saturated rings. The molecule has 2 aromatic rings. The van der Waals surface area contributed by atoms with Crippen LogP contribution in [0.4, 0.5) is 0 Å². The molecule has 1 aliphatic rings. The van der Waals surface area contributed by atoms with Crippen molar-refractivity contribution in [3.63, 3.8) is 0 Å². The van der Waals surface area contributed by atoms with E-state index in [1.807, 2.05) is 0 Å². The third-order valence-electron chi connectivity index (χ3n) is 3.41. The number of nitrogens with one attached hydrogen (secondary N) is 1. The van der Waals surface area contributed by atoms with Gasteiger partial charge >= 0.3 is 0 Å². The Labute approximate surface area is 112 Å². The van der Waals surface area contributed by atoms with Crippen LogP contribution in [-0.4, -0.2) is 17.6 Å². The third-order valence-corrected chi connectivity index (χ3v) is 4.33. The summed E-state index contributed by atoms with van der Waals surface area (Å²) in [6, 6.07) is 11.2. The van der Waals surface area contributed by atoms with Gasteiger partial charge in [-0.1, -0.05) is 30.3 Å². The van der Waals surface area contributed by atoms with Gasteiger partial charge < -0.3 is 5.32 Å². The third kappa shape index (κ3) is 2.98. The first-order valence-electron chi connectivity index (χ1n) is 6.61. The molecule has 2 heterocycles. The van der Waals surface area contributed by atoms with Gasteiger partial charge in [0.2, 0.25) is 0 Å². The highest BCUT2D eigenvalue weighted by molar-refractivity contribution is 7.09. The van der Waals surface area contributed by atoms with Crippen LogP contribution in [0.1, 0.15) is 29.1 Å². The molecule has 0 radical (unpaired) electrons. The summed E-state index contributed by atoms with van der Waals surface area (Å²) in [6.45, 7) is 1.17. The van der Waals surface area contributed by atoms with E-state index < -0.39 is 0 Å². The molecule has 1 atom stereocenters. The van der Waals surface area contributed by atoms with Crippen molar-refractivity contribution in [2.75, 3.05) is 6.54 Å². The normalized spacial score (nSPS) is 19.2. The first-order valence-corrected chi connectivity index (χ1v) is 7.49. The summed E-state index contributed by atoms with van der Waals surface area (Å²) in [5, 5.41) is 7.01. The Morgan fingerprint density at radius 3 is 2.94 bits per heavy atom. The van der Waals surface area contributed by atoms with E-state index in [0.717, 1.165) is 12.8 Å². The van der Waals surface area contributed by atoms with E-state index in [4.69, 9.17) is 4.98 Å². The molecular formula is C15H18N2S. The number of hydrogen-bond donors (Lipinski definition) is 1. The molecule has 0 spiro atoms. The van der Waals surface area contributed by atoms with Gasteiger partial charge in [-0.25, -0.2) is 4.98 Å². The molecule has 0 aliphatic carbocycles. The Balaban J connectivity index is 1.62. The summed E-state index contributed by atoms with van der Waals surface area (Å²) in [5.41, 5.74) is 2.55. The molecule has 0 saturated carbocycles. The lowest BCUT2D eigenvalue weighted by atomic mass is 10.1. The highest BCUT2D eigenvalue weighted by Crippen LogP contribution is 2.18. The maximum atomic E-state index is 4.75. The summed E-state index contributed by atoms with van der Waals surface area (Å²) in [7, 11) is 0. The van der Waals surface area contributed by atoms with Gasteiger partial charge in [-0.3, -0.25) is 0 Å². The van der Waals surface area contributed by atoms with Crippen LogP contribution in [0.15, 0.2) is 35.7 Å². The molecule has 1 saturated heterocycles. The van der Waals surface area contributed by atoms with E-state index in [2.05, 4.69) is 41.0 Å². The number of rotatable bonds is 4. The van der Waals surface area contributed by atoms with Crippen molar-refractivity contribution >= 4 is 11.3 Å². The average molecular weight is 258 g/mol.